The molecule has 15 heavy (non-hydrogen) atoms. The molecule has 0 spiro atoms. The fourth-order valence-corrected chi connectivity index (χ4v) is 1.58. The van der Waals surface area contributed by atoms with Gasteiger partial charge in [-0.15, -0.1) is 0 Å². The predicted octanol–water partition coefficient (Wildman–Crippen LogP) is 2.20. The number of aryl methyl sites for hydroxylation is 1. The van der Waals surface area contributed by atoms with E-state index in [1.54, 1.807) is 0 Å². The highest BCUT2D eigenvalue weighted by atomic mass is 16.3. The molecule has 0 radical (unpaired) electrons. The van der Waals surface area contributed by atoms with Crippen molar-refractivity contribution >= 4 is 11.2 Å². The number of hydrogen-bond donors (Lipinski definition) is 1. The molecule has 2 aromatic rings. The van der Waals surface area contributed by atoms with E-state index in [0.29, 0.717) is 11.5 Å². The molecule has 4 nitrogen and oxygen atoms in total. The molecule has 0 saturated carbocycles. The summed E-state index contributed by atoms with van der Waals surface area (Å²) in [5.41, 5.74) is 2.41. The Hall–Kier alpha value is -1.42. The van der Waals surface area contributed by atoms with Crippen LogP contribution in [0.1, 0.15) is 31.0 Å². The maximum Gasteiger partial charge on any atom is 0.214 e. The van der Waals surface area contributed by atoms with Gasteiger partial charge < -0.3 is 9.73 Å². The zero-order valence-electron chi connectivity index (χ0n) is 9.24. The van der Waals surface area contributed by atoms with Crippen LogP contribution in [0.4, 0.5) is 0 Å². The Balaban J connectivity index is 2.46. The molecule has 0 aliphatic heterocycles. The molecule has 0 aliphatic rings. The summed E-state index contributed by atoms with van der Waals surface area (Å²) in [7, 11) is 1.90. The van der Waals surface area contributed by atoms with Crippen molar-refractivity contribution in [3.05, 3.63) is 23.7 Å². The highest BCUT2D eigenvalue weighted by molar-refractivity contribution is 5.67. The van der Waals surface area contributed by atoms with E-state index >= 15 is 0 Å². The van der Waals surface area contributed by atoms with Crippen LogP contribution >= 0.6 is 0 Å². The highest BCUT2D eigenvalue weighted by Crippen LogP contribution is 2.20. The summed E-state index contributed by atoms with van der Waals surface area (Å²) in [6.07, 6.45) is 0.947. The van der Waals surface area contributed by atoms with E-state index in [4.69, 9.17) is 4.42 Å². The summed E-state index contributed by atoms with van der Waals surface area (Å²) >= 11 is 0. The van der Waals surface area contributed by atoms with Crippen LogP contribution in [-0.2, 0) is 0 Å². The van der Waals surface area contributed by atoms with Gasteiger partial charge in [0.1, 0.15) is 0 Å². The smallest absolute Gasteiger partial charge is 0.214 e. The SMILES string of the molecule is CCC(NC)c1nc2nc(C)ccc2o1. The molecule has 2 aromatic heterocycles. The lowest BCUT2D eigenvalue weighted by Gasteiger charge is -2.07. The van der Waals surface area contributed by atoms with Crippen LogP contribution in [0.3, 0.4) is 0 Å². The van der Waals surface area contributed by atoms with Gasteiger partial charge in [-0.3, -0.25) is 0 Å². The third kappa shape index (κ3) is 1.85. The maximum absolute atomic E-state index is 5.63. The van der Waals surface area contributed by atoms with Gasteiger partial charge in [0.05, 0.1) is 6.04 Å². The fraction of sp³-hybridized carbons (Fsp3) is 0.455. The molecule has 4 heteroatoms. The van der Waals surface area contributed by atoms with Crippen LogP contribution in [0.5, 0.6) is 0 Å². The van der Waals surface area contributed by atoms with Gasteiger partial charge in [-0.2, -0.15) is 4.98 Å². The summed E-state index contributed by atoms with van der Waals surface area (Å²) in [5.74, 6) is 0.716. The van der Waals surface area contributed by atoms with E-state index < -0.39 is 0 Å². The largest absolute Gasteiger partial charge is 0.437 e. The Morgan fingerprint density at radius 2 is 2.20 bits per heavy atom. The number of aromatic nitrogens is 2. The maximum atomic E-state index is 5.63. The first-order valence-corrected chi connectivity index (χ1v) is 5.16. The standard InChI is InChI=1S/C11H15N3O/c1-4-8(12-3)11-14-10-9(15-11)6-5-7(2)13-10/h5-6,8,12H,4H2,1-3H3. The van der Waals surface area contributed by atoms with Crippen molar-refractivity contribution in [3.8, 4) is 0 Å². The van der Waals surface area contributed by atoms with E-state index in [0.717, 1.165) is 17.7 Å². The number of rotatable bonds is 3. The number of pyridine rings is 1. The fourth-order valence-electron chi connectivity index (χ4n) is 1.58. The van der Waals surface area contributed by atoms with Crippen molar-refractivity contribution in [3.63, 3.8) is 0 Å². The van der Waals surface area contributed by atoms with Crippen LogP contribution in [0.15, 0.2) is 16.5 Å². The second-order valence-electron chi connectivity index (χ2n) is 3.58. The summed E-state index contributed by atoms with van der Waals surface area (Å²) in [5, 5.41) is 3.16. The first-order chi connectivity index (χ1) is 7.24. The number of fused-ring (bicyclic) bond motifs is 1. The van der Waals surface area contributed by atoms with Crippen molar-refractivity contribution in [2.24, 2.45) is 0 Å². The van der Waals surface area contributed by atoms with E-state index in [1.165, 1.54) is 0 Å². The van der Waals surface area contributed by atoms with E-state index in [-0.39, 0.29) is 6.04 Å². The lowest BCUT2D eigenvalue weighted by Crippen LogP contribution is -2.15. The predicted molar refractivity (Wildman–Crippen MR) is 58.6 cm³/mol. The van der Waals surface area contributed by atoms with Gasteiger partial charge in [-0.25, -0.2) is 4.98 Å². The van der Waals surface area contributed by atoms with Gasteiger partial charge >= 0.3 is 0 Å². The molecule has 0 aromatic carbocycles. The zero-order chi connectivity index (χ0) is 10.8. The second kappa shape index (κ2) is 3.98. The van der Waals surface area contributed by atoms with Crippen LogP contribution < -0.4 is 5.32 Å². The Bertz CT molecular complexity index is 460. The first kappa shape index (κ1) is 10.1. The molecular weight excluding hydrogens is 190 g/mol. The molecule has 0 saturated heterocycles. The van der Waals surface area contributed by atoms with Gasteiger partial charge in [-0.05, 0) is 32.5 Å². The van der Waals surface area contributed by atoms with E-state index in [9.17, 15) is 0 Å². The van der Waals surface area contributed by atoms with Gasteiger partial charge in [0.15, 0.2) is 11.2 Å². The molecular formula is C11H15N3O. The van der Waals surface area contributed by atoms with Gasteiger partial charge in [0.2, 0.25) is 5.89 Å². The minimum Gasteiger partial charge on any atom is -0.437 e. The lowest BCUT2D eigenvalue weighted by molar-refractivity contribution is 0.427. The molecule has 2 rings (SSSR count). The Morgan fingerprint density at radius 3 is 2.87 bits per heavy atom. The Labute approximate surface area is 88.7 Å². The minimum absolute atomic E-state index is 0.166. The van der Waals surface area contributed by atoms with Gasteiger partial charge in [0, 0.05) is 5.69 Å². The normalized spacial score (nSPS) is 13.3. The summed E-state index contributed by atoms with van der Waals surface area (Å²) in [6, 6.07) is 4.01. The number of nitrogens with one attached hydrogen (secondary N) is 1. The van der Waals surface area contributed by atoms with Crippen LogP contribution in [0.25, 0.3) is 11.2 Å². The average Bonchev–Trinajstić information content (AvgIpc) is 2.62. The van der Waals surface area contributed by atoms with Crippen LogP contribution in [0, 0.1) is 6.92 Å². The Morgan fingerprint density at radius 1 is 1.40 bits per heavy atom. The van der Waals surface area contributed by atoms with Gasteiger partial charge in [0.25, 0.3) is 0 Å². The number of hydrogen-bond acceptors (Lipinski definition) is 4. The van der Waals surface area contributed by atoms with Crippen LogP contribution in [-0.4, -0.2) is 17.0 Å². The molecule has 1 N–H and O–H groups in total. The summed E-state index contributed by atoms with van der Waals surface area (Å²) < 4.78 is 5.63. The van der Waals surface area contributed by atoms with Crippen molar-refractivity contribution < 1.29 is 4.42 Å². The van der Waals surface area contributed by atoms with Crippen molar-refractivity contribution in [2.75, 3.05) is 7.05 Å². The Kier molecular flexibility index (Phi) is 2.68. The molecule has 1 unspecified atom stereocenters. The third-order valence-corrected chi connectivity index (χ3v) is 2.46. The highest BCUT2D eigenvalue weighted by Gasteiger charge is 2.14. The van der Waals surface area contributed by atoms with Gasteiger partial charge in [-0.1, -0.05) is 6.92 Å². The molecule has 0 fully saturated rings. The molecule has 0 bridgehead atoms. The lowest BCUT2D eigenvalue weighted by atomic mass is 10.2. The zero-order valence-corrected chi connectivity index (χ0v) is 9.24. The second-order valence-corrected chi connectivity index (χ2v) is 3.58. The molecule has 0 amide bonds. The first-order valence-electron chi connectivity index (χ1n) is 5.16. The molecule has 1 atom stereocenters. The summed E-state index contributed by atoms with van der Waals surface area (Å²) in [4.78, 5) is 8.69. The van der Waals surface area contributed by atoms with Crippen molar-refractivity contribution in [2.45, 2.75) is 26.3 Å². The van der Waals surface area contributed by atoms with Crippen LogP contribution in [0.2, 0.25) is 0 Å². The number of nitrogens with zero attached hydrogens (tertiary/aromatic N) is 2. The third-order valence-electron chi connectivity index (χ3n) is 2.46. The van der Waals surface area contributed by atoms with Crippen molar-refractivity contribution in [1.29, 1.82) is 0 Å². The average molecular weight is 205 g/mol. The molecule has 80 valence electrons. The monoisotopic (exact) mass is 205 g/mol. The topological polar surface area (TPSA) is 51.0 Å². The quantitative estimate of drug-likeness (QED) is 0.834. The minimum atomic E-state index is 0.166. The molecule has 2 heterocycles. The number of oxazole rings is 1. The summed E-state index contributed by atoms with van der Waals surface area (Å²) in [6.45, 7) is 4.04. The van der Waals surface area contributed by atoms with E-state index in [1.807, 2.05) is 26.1 Å². The molecule has 0 aliphatic carbocycles. The van der Waals surface area contributed by atoms with Crippen molar-refractivity contribution in [1.82, 2.24) is 15.3 Å². The van der Waals surface area contributed by atoms with E-state index in [2.05, 4.69) is 22.2 Å².